The Balaban J connectivity index is 2.10. The molecule has 2 aromatic heterocycles. The van der Waals surface area contributed by atoms with Gasteiger partial charge in [0.05, 0.1) is 31.7 Å². The molecule has 3 aromatic rings. The van der Waals surface area contributed by atoms with Crippen LogP contribution >= 0.6 is 0 Å². The number of nitrogens with zero attached hydrogens (tertiary/aromatic N) is 5. The van der Waals surface area contributed by atoms with Crippen LogP contribution in [0.2, 0.25) is 0 Å². The Labute approximate surface area is 195 Å². The number of imidazole rings is 1. The lowest BCUT2D eigenvalue weighted by Crippen LogP contribution is -2.14. The van der Waals surface area contributed by atoms with Gasteiger partial charge in [0.1, 0.15) is 17.2 Å². The Morgan fingerprint density at radius 2 is 2.00 bits per heavy atom. The number of nitrogens with one attached hydrogen (secondary N) is 1. The van der Waals surface area contributed by atoms with Gasteiger partial charge in [-0.15, -0.1) is 0 Å². The smallest absolute Gasteiger partial charge is 0.231 e. The van der Waals surface area contributed by atoms with Gasteiger partial charge in [0.2, 0.25) is 15.9 Å². The maximum Gasteiger partial charge on any atom is 0.231 e. The van der Waals surface area contributed by atoms with E-state index in [4.69, 9.17) is 9.47 Å². The van der Waals surface area contributed by atoms with Crippen LogP contribution in [0.5, 0.6) is 11.5 Å². The first-order chi connectivity index (χ1) is 16.3. The molecule has 2 N–H and O–H groups in total. The molecule has 3 heterocycles. The molecule has 0 amide bonds. The van der Waals surface area contributed by atoms with Crippen molar-refractivity contribution >= 4 is 38.7 Å². The van der Waals surface area contributed by atoms with Crippen molar-refractivity contribution < 1.29 is 23.0 Å². The van der Waals surface area contributed by atoms with Gasteiger partial charge in [-0.3, -0.25) is 9.29 Å². The molecule has 0 saturated heterocycles. The number of benzene rings is 1. The number of anilines is 1. The summed E-state index contributed by atoms with van der Waals surface area (Å²) in [4.78, 5) is 18.1. The fourth-order valence-corrected chi connectivity index (χ4v) is 3.88. The highest BCUT2D eigenvalue weighted by atomic mass is 32.2. The van der Waals surface area contributed by atoms with Crippen LogP contribution in [0.3, 0.4) is 0 Å². The maximum atomic E-state index is 11.9. The summed E-state index contributed by atoms with van der Waals surface area (Å²) in [6, 6.07) is 4.77. The average molecular weight is 483 g/mol. The zero-order valence-electron chi connectivity index (χ0n) is 18.9. The van der Waals surface area contributed by atoms with E-state index in [1.807, 2.05) is 13.8 Å². The molecule has 1 aliphatic rings. The minimum atomic E-state index is -3.63. The highest BCUT2D eigenvalue weighted by Gasteiger charge is 2.25. The molecule has 1 aromatic carbocycles. The lowest BCUT2D eigenvalue weighted by atomic mass is 10.2. The van der Waals surface area contributed by atoms with Crippen molar-refractivity contribution in [1.82, 2.24) is 19.5 Å². The van der Waals surface area contributed by atoms with Gasteiger partial charge in [0, 0.05) is 0 Å². The number of para-hydroxylation sites is 1. The monoisotopic (exact) mass is 482 g/mol. The molecule has 12 heteroatoms. The molecule has 0 unspecified atom stereocenters. The molecule has 0 fully saturated rings. The number of hydrogen-bond acceptors (Lipinski definition) is 9. The molecule has 0 atom stereocenters. The molecule has 4 rings (SSSR count). The van der Waals surface area contributed by atoms with E-state index in [0.29, 0.717) is 30.4 Å². The zero-order valence-corrected chi connectivity index (χ0v) is 19.8. The number of aromatic hydroxyl groups is 1. The zero-order chi connectivity index (χ0) is 24.5. The van der Waals surface area contributed by atoms with Gasteiger partial charge in [0.15, 0.2) is 28.6 Å². The van der Waals surface area contributed by atoms with Crippen LogP contribution in [0.15, 0.2) is 40.7 Å². The summed E-state index contributed by atoms with van der Waals surface area (Å²) in [6.45, 7) is 4.05. The molecule has 0 aliphatic carbocycles. The minimum absolute atomic E-state index is 0.0613. The van der Waals surface area contributed by atoms with Crippen LogP contribution in [0, 0.1) is 0 Å². The molecule has 0 radical (unpaired) electrons. The van der Waals surface area contributed by atoms with Crippen LogP contribution in [0.1, 0.15) is 25.4 Å². The molecule has 1 aliphatic heterocycles. The first-order valence-electron chi connectivity index (χ1n) is 10.3. The van der Waals surface area contributed by atoms with Crippen LogP contribution in [0.25, 0.3) is 22.7 Å². The Morgan fingerprint density at radius 3 is 2.68 bits per heavy atom. The highest BCUT2D eigenvalue weighted by Crippen LogP contribution is 2.37. The maximum absolute atomic E-state index is 11.9. The number of ether oxygens (including phenoxy) is 2. The van der Waals surface area contributed by atoms with Crippen LogP contribution in [0.4, 0.5) is 5.82 Å². The molecule has 176 valence electrons. The van der Waals surface area contributed by atoms with Crippen molar-refractivity contribution in [1.29, 1.82) is 0 Å². The van der Waals surface area contributed by atoms with Gasteiger partial charge < -0.3 is 14.6 Å². The Hall–Kier alpha value is -4.11. The van der Waals surface area contributed by atoms with Crippen LogP contribution < -0.4 is 9.46 Å². The standard InChI is InChI=1S/C22H22N6O5S/c1-5-13-19(27-34(4,30)31)25-22-20(24-13)26-21(14-9-7-12-17(23-14)33-6-2)28(22)18-15(29)10-8-11-16(18)32-3/h8,10-12,29H,5-6H2,1-4H3,(H,25,27). The summed E-state index contributed by atoms with van der Waals surface area (Å²) in [7, 11) is -2.17. The van der Waals surface area contributed by atoms with E-state index in [0.717, 1.165) is 6.26 Å². The number of hydrogen-bond donors (Lipinski definition) is 2. The number of phenolic OH excluding ortho intramolecular Hbond substituents is 1. The summed E-state index contributed by atoms with van der Waals surface area (Å²) in [6.07, 6.45) is 2.97. The van der Waals surface area contributed by atoms with Gasteiger partial charge in [-0.05, 0) is 31.2 Å². The van der Waals surface area contributed by atoms with E-state index in [1.54, 1.807) is 18.2 Å². The summed E-state index contributed by atoms with van der Waals surface area (Å²) >= 11 is 0. The number of fused-ring (bicyclic) bond motifs is 1. The number of aromatic nitrogens is 4. The Bertz CT molecular complexity index is 1530. The van der Waals surface area contributed by atoms with Gasteiger partial charge >= 0.3 is 0 Å². The number of sulfonamides is 1. The molecule has 0 bridgehead atoms. The first-order valence-corrected chi connectivity index (χ1v) is 12.2. The van der Waals surface area contributed by atoms with Crippen molar-refractivity contribution in [3.63, 3.8) is 0 Å². The second kappa shape index (κ2) is 9.03. The third-order valence-corrected chi connectivity index (χ3v) is 5.28. The van der Waals surface area contributed by atoms with E-state index in [1.165, 1.54) is 17.7 Å². The lowest BCUT2D eigenvalue weighted by Gasteiger charge is -2.15. The van der Waals surface area contributed by atoms with E-state index in [2.05, 4.69) is 36.1 Å². The SMILES string of the molecule is CCOC1=NC(c2nc3nc(CC)c(NS(C)(=O)=O)nc3n2-c2c(O)cccc2OC)=C=C=C1. The van der Waals surface area contributed by atoms with E-state index < -0.39 is 10.0 Å². The van der Waals surface area contributed by atoms with E-state index in [-0.39, 0.29) is 40.1 Å². The predicted octanol–water partition coefficient (Wildman–Crippen LogP) is 2.56. The normalized spacial score (nSPS) is 13.1. The van der Waals surface area contributed by atoms with Gasteiger partial charge in [0.25, 0.3) is 0 Å². The van der Waals surface area contributed by atoms with Crippen molar-refractivity contribution in [2.24, 2.45) is 4.99 Å². The van der Waals surface area contributed by atoms with Crippen molar-refractivity contribution in [2.45, 2.75) is 20.3 Å². The molecular formula is C22H22N6O5S. The van der Waals surface area contributed by atoms with Crippen molar-refractivity contribution in [2.75, 3.05) is 24.7 Å². The number of methoxy groups -OCH3 is 1. The summed E-state index contributed by atoms with van der Waals surface area (Å²) in [5.41, 5.74) is 7.04. The summed E-state index contributed by atoms with van der Waals surface area (Å²) < 4.78 is 38.7. The molecule has 11 nitrogen and oxygen atoms in total. The fourth-order valence-electron chi connectivity index (χ4n) is 3.37. The van der Waals surface area contributed by atoms with Gasteiger partial charge in [-0.2, -0.15) is 0 Å². The first kappa shape index (κ1) is 23.1. The molecule has 0 spiro atoms. The second-order valence-corrected chi connectivity index (χ2v) is 8.89. The van der Waals surface area contributed by atoms with Crippen molar-refractivity contribution in [3.05, 3.63) is 47.3 Å². The number of phenols is 1. The predicted molar refractivity (Wildman–Crippen MR) is 127 cm³/mol. The summed E-state index contributed by atoms with van der Waals surface area (Å²) in [5.74, 6) is 0.805. The number of rotatable bonds is 7. The number of aliphatic imine (C=N–C) groups is 1. The van der Waals surface area contributed by atoms with E-state index in [9.17, 15) is 13.5 Å². The van der Waals surface area contributed by atoms with Gasteiger partial charge in [-0.1, -0.05) is 18.7 Å². The highest BCUT2D eigenvalue weighted by molar-refractivity contribution is 7.92. The van der Waals surface area contributed by atoms with Crippen LogP contribution in [-0.2, 0) is 21.2 Å². The minimum Gasteiger partial charge on any atom is -0.506 e. The Kier molecular flexibility index (Phi) is 6.12. The molecular weight excluding hydrogens is 460 g/mol. The lowest BCUT2D eigenvalue weighted by molar-refractivity contribution is 0.330. The largest absolute Gasteiger partial charge is 0.506 e. The molecule has 0 saturated carbocycles. The number of aryl methyl sites for hydroxylation is 1. The summed E-state index contributed by atoms with van der Waals surface area (Å²) in [5, 5.41) is 10.8. The third-order valence-electron chi connectivity index (χ3n) is 4.72. The third kappa shape index (κ3) is 4.38. The topological polar surface area (TPSA) is 141 Å². The fraction of sp³-hybridized carbons (Fsp3) is 0.273. The molecule has 34 heavy (non-hydrogen) atoms. The Morgan fingerprint density at radius 1 is 1.21 bits per heavy atom. The average Bonchev–Trinajstić information content (AvgIpc) is 3.15. The van der Waals surface area contributed by atoms with Crippen LogP contribution in [-0.4, -0.2) is 58.9 Å². The second-order valence-electron chi connectivity index (χ2n) is 7.14. The van der Waals surface area contributed by atoms with E-state index >= 15 is 0 Å². The van der Waals surface area contributed by atoms with Crippen molar-refractivity contribution in [3.8, 4) is 17.2 Å². The van der Waals surface area contributed by atoms with Gasteiger partial charge in [-0.25, -0.2) is 28.4 Å². The quantitative estimate of drug-likeness (QED) is 0.490.